The summed E-state index contributed by atoms with van der Waals surface area (Å²) in [5.41, 5.74) is 5.70. The lowest BCUT2D eigenvalue weighted by Crippen LogP contribution is -2.29. The van der Waals surface area contributed by atoms with Gasteiger partial charge in [-0.2, -0.15) is 9.97 Å². The van der Waals surface area contributed by atoms with E-state index in [1.54, 1.807) is 0 Å². The van der Waals surface area contributed by atoms with Gasteiger partial charge in [0.05, 0.1) is 6.61 Å². The predicted molar refractivity (Wildman–Crippen MR) is 74.8 cm³/mol. The zero-order valence-corrected chi connectivity index (χ0v) is 11.2. The molecule has 1 heterocycles. The van der Waals surface area contributed by atoms with Gasteiger partial charge in [-0.3, -0.25) is 0 Å². The lowest BCUT2D eigenvalue weighted by atomic mass is 10.3. The molecule has 0 aliphatic rings. The van der Waals surface area contributed by atoms with Crippen molar-refractivity contribution in [2.24, 2.45) is 0 Å². The molecule has 0 atom stereocenters. The molecule has 102 valence electrons. The second-order valence-corrected chi connectivity index (χ2v) is 4.06. The van der Waals surface area contributed by atoms with Gasteiger partial charge >= 0.3 is 0 Å². The number of nitrogens with one attached hydrogen (secondary N) is 1. The van der Waals surface area contributed by atoms with Gasteiger partial charge < -0.3 is 21.1 Å². The Morgan fingerprint density at radius 3 is 2.72 bits per heavy atom. The van der Waals surface area contributed by atoms with E-state index in [1.807, 2.05) is 17.9 Å². The molecular weight excluding hydrogens is 230 g/mol. The highest BCUT2D eigenvalue weighted by molar-refractivity contribution is 5.52. The molecule has 6 heteroatoms. The molecule has 1 aromatic rings. The molecule has 0 radical (unpaired) electrons. The van der Waals surface area contributed by atoms with Crippen LogP contribution in [-0.4, -0.2) is 41.3 Å². The van der Waals surface area contributed by atoms with Crippen LogP contribution in [0.15, 0.2) is 6.07 Å². The van der Waals surface area contributed by atoms with Crippen molar-refractivity contribution < 1.29 is 5.11 Å². The van der Waals surface area contributed by atoms with Crippen LogP contribution in [0.1, 0.15) is 26.7 Å². The van der Waals surface area contributed by atoms with E-state index in [2.05, 4.69) is 22.2 Å². The van der Waals surface area contributed by atoms with E-state index in [9.17, 15) is 0 Å². The average Bonchev–Trinajstić information content (AvgIpc) is 2.34. The third kappa shape index (κ3) is 4.37. The molecule has 0 unspecified atom stereocenters. The molecule has 0 aromatic carbocycles. The van der Waals surface area contributed by atoms with Gasteiger partial charge in [-0.05, 0) is 13.3 Å². The molecule has 0 aliphatic carbocycles. The minimum atomic E-state index is 0.101. The SMILES string of the molecule is CCCCN(CCO)c1cc(NCC)nc(N)n1. The summed E-state index contributed by atoms with van der Waals surface area (Å²) in [5.74, 6) is 1.74. The summed E-state index contributed by atoms with van der Waals surface area (Å²) < 4.78 is 0. The van der Waals surface area contributed by atoms with Crippen molar-refractivity contribution in [3.05, 3.63) is 6.07 Å². The molecule has 4 N–H and O–H groups in total. The summed E-state index contributed by atoms with van der Waals surface area (Å²) in [5, 5.41) is 12.2. The van der Waals surface area contributed by atoms with E-state index in [0.717, 1.165) is 37.6 Å². The summed E-state index contributed by atoms with van der Waals surface area (Å²) in [6.07, 6.45) is 2.16. The van der Waals surface area contributed by atoms with Crippen molar-refractivity contribution >= 4 is 17.6 Å². The predicted octanol–water partition coefficient (Wildman–Crippen LogP) is 1.09. The van der Waals surface area contributed by atoms with Crippen LogP contribution in [0.2, 0.25) is 0 Å². The van der Waals surface area contributed by atoms with Gasteiger partial charge in [0.25, 0.3) is 0 Å². The summed E-state index contributed by atoms with van der Waals surface area (Å²) in [4.78, 5) is 10.4. The molecule has 0 saturated carbocycles. The molecule has 0 saturated heterocycles. The normalized spacial score (nSPS) is 10.4. The Labute approximate surface area is 108 Å². The topological polar surface area (TPSA) is 87.3 Å². The van der Waals surface area contributed by atoms with Gasteiger partial charge in [0.15, 0.2) is 0 Å². The van der Waals surface area contributed by atoms with E-state index in [-0.39, 0.29) is 12.6 Å². The molecule has 0 bridgehead atoms. The number of hydrogen-bond acceptors (Lipinski definition) is 6. The molecule has 1 rings (SSSR count). The standard InChI is InChI=1S/C12H23N5O/c1-3-5-6-17(7-8-18)11-9-10(14-4-2)15-12(13)16-11/h9,18H,3-8H2,1-2H3,(H3,13,14,15,16). The number of nitrogens with two attached hydrogens (primary N) is 1. The number of aromatic nitrogens is 2. The summed E-state index contributed by atoms with van der Waals surface area (Å²) in [6, 6.07) is 1.87. The Bertz CT molecular complexity index is 358. The van der Waals surface area contributed by atoms with Crippen LogP contribution in [0.25, 0.3) is 0 Å². The van der Waals surface area contributed by atoms with Gasteiger partial charge in [0, 0.05) is 25.7 Å². The second-order valence-electron chi connectivity index (χ2n) is 4.06. The maximum absolute atomic E-state index is 9.11. The Morgan fingerprint density at radius 2 is 2.11 bits per heavy atom. The van der Waals surface area contributed by atoms with Crippen molar-refractivity contribution in [3.63, 3.8) is 0 Å². The lowest BCUT2D eigenvalue weighted by molar-refractivity contribution is 0.301. The minimum absolute atomic E-state index is 0.101. The second kappa shape index (κ2) is 7.71. The van der Waals surface area contributed by atoms with Gasteiger partial charge in [0.2, 0.25) is 5.95 Å². The fraction of sp³-hybridized carbons (Fsp3) is 0.667. The number of nitrogen functional groups attached to an aromatic ring is 1. The highest BCUT2D eigenvalue weighted by atomic mass is 16.3. The molecule has 0 fully saturated rings. The van der Waals surface area contributed by atoms with Crippen molar-refractivity contribution in [3.8, 4) is 0 Å². The Balaban J connectivity index is 2.87. The van der Waals surface area contributed by atoms with Crippen molar-refractivity contribution in [1.29, 1.82) is 0 Å². The van der Waals surface area contributed by atoms with Crippen LogP contribution in [0.4, 0.5) is 17.6 Å². The van der Waals surface area contributed by atoms with Crippen LogP contribution in [0.3, 0.4) is 0 Å². The average molecular weight is 253 g/mol. The molecule has 0 aliphatic heterocycles. The van der Waals surface area contributed by atoms with Crippen molar-refractivity contribution in [1.82, 2.24) is 9.97 Å². The number of rotatable bonds is 8. The van der Waals surface area contributed by atoms with Crippen LogP contribution < -0.4 is 16.0 Å². The Morgan fingerprint density at radius 1 is 1.33 bits per heavy atom. The fourth-order valence-electron chi connectivity index (χ4n) is 1.70. The van der Waals surface area contributed by atoms with E-state index < -0.39 is 0 Å². The highest BCUT2D eigenvalue weighted by Crippen LogP contribution is 2.17. The van der Waals surface area contributed by atoms with Gasteiger partial charge in [-0.1, -0.05) is 13.3 Å². The summed E-state index contributed by atoms with van der Waals surface area (Å²) >= 11 is 0. The maximum atomic E-state index is 9.11. The van der Waals surface area contributed by atoms with E-state index in [4.69, 9.17) is 10.8 Å². The smallest absolute Gasteiger partial charge is 0.223 e. The number of hydrogen-bond donors (Lipinski definition) is 3. The number of aliphatic hydroxyl groups is 1. The van der Waals surface area contributed by atoms with E-state index in [1.165, 1.54) is 0 Å². The molecule has 18 heavy (non-hydrogen) atoms. The number of unbranched alkanes of at least 4 members (excludes halogenated alkanes) is 1. The first-order chi connectivity index (χ1) is 8.71. The van der Waals surface area contributed by atoms with Gasteiger partial charge in [0.1, 0.15) is 11.6 Å². The Kier molecular flexibility index (Phi) is 6.21. The van der Waals surface area contributed by atoms with E-state index in [0.29, 0.717) is 6.54 Å². The minimum Gasteiger partial charge on any atom is -0.395 e. The van der Waals surface area contributed by atoms with Crippen LogP contribution in [-0.2, 0) is 0 Å². The molecule has 1 aromatic heterocycles. The largest absolute Gasteiger partial charge is 0.395 e. The first-order valence-corrected chi connectivity index (χ1v) is 6.45. The third-order valence-corrected chi connectivity index (χ3v) is 2.56. The van der Waals surface area contributed by atoms with Crippen LogP contribution in [0, 0.1) is 0 Å². The number of aliphatic hydroxyl groups excluding tert-OH is 1. The zero-order valence-electron chi connectivity index (χ0n) is 11.2. The third-order valence-electron chi connectivity index (χ3n) is 2.56. The molecule has 0 amide bonds. The monoisotopic (exact) mass is 253 g/mol. The van der Waals surface area contributed by atoms with Crippen LogP contribution in [0.5, 0.6) is 0 Å². The molecular formula is C12H23N5O. The molecule has 0 spiro atoms. The fourth-order valence-corrected chi connectivity index (χ4v) is 1.70. The van der Waals surface area contributed by atoms with E-state index >= 15 is 0 Å². The number of anilines is 3. The van der Waals surface area contributed by atoms with Crippen LogP contribution >= 0.6 is 0 Å². The van der Waals surface area contributed by atoms with Gasteiger partial charge in [-0.15, -0.1) is 0 Å². The first-order valence-electron chi connectivity index (χ1n) is 6.45. The van der Waals surface area contributed by atoms with Crippen molar-refractivity contribution in [2.75, 3.05) is 42.2 Å². The first kappa shape index (κ1) is 14.5. The van der Waals surface area contributed by atoms with Crippen molar-refractivity contribution in [2.45, 2.75) is 26.7 Å². The maximum Gasteiger partial charge on any atom is 0.223 e. The highest BCUT2D eigenvalue weighted by Gasteiger charge is 2.09. The lowest BCUT2D eigenvalue weighted by Gasteiger charge is -2.23. The molecule has 6 nitrogen and oxygen atoms in total. The quantitative estimate of drug-likeness (QED) is 0.643. The Hall–Kier alpha value is -1.56. The summed E-state index contributed by atoms with van der Waals surface area (Å²) in [7, 11) is 0. The summed E-state index contributed by atoms with van der Waals surface area (Å²) in [6.45, 7) is 6.44. The number of nitrogens with zero attached hydrogens (tertiary/aromatic N) is 3. The zero-order chi connectivity index (χ0) is 13.4. The van der Waals surface area contributed by atoms with Gasteiger partial charge in [-0.25, -0.2) is 0 Å².